The molecule has 3 rings (SSSR count). The van der Waals surface area contributed by atoms with Crippen LogP contribution in [0.5, 0.6) is 0 Å². The van der Waals surface area contributed by atoms with Gasteiger partial charge >= 0.3 is 0 Å². The molecule has 1 saturated heterocycles. The summed E-state index contributed by atoms with van der Waals surface area (Å²) in [5.41, 5.74) is 2.24. The Balaban J connectivity index is 2.05. The average molecular weight is 205 g/mol. The van der Waals surface area contributed by atoms with E-state index in [1.54, 1.807) is 6.07 Å². The molecule has 1 unspecified atom stereocenters. The van der Waals surface area contributed by atoms with E-state index in [0.717, 1.165) is 24.9 Å². The molecule has 0 bridgehead atoms. The number of piperidine rings is 1. The van der Waals surface area contributed by atoms with Gasteiger partial charge in [0.1, 0.15) is 5.82 Å². The molecule has 1 fully saturated rings. The first-order chi connectivity index (χ1) is 7.36. The number of nitrogens with one attached hydrogen (secondary N) is 1. The zero-order valence-electron chi connectivity index (χ0n) is 8.80. The molecule has 2 aliphatic rings. The van der Waals surface area contributed by atoms with Crippen LogP contribution in [0.1, 0.15) is 36.3 Å². The lowest BCUT2D eigenvalue weighted by Crippen LogP contribution is -2.43. The van der Waals surface area contributed by atoms with Crippen molar-refractivity contribution in [1.29, 1.82) is 0 Å². The second-order valence-corrected chi connectivity index (χ2v) is 4.66. The molecule has 15 heavy (non-hydrogen) atoms. The maximum atomic E-state index is 13.8. The quantitative estimate of drug-likeness (QED) is 0.686. The highest BCUT2D eigenvalue weighted by Gasteiger charge is 2.32. The molecule has 1 aromatic rings. The maximum Gasteiger partial charge on any atom is 0.127 e. The minimum atomic E-state index is 0.00546. The van der Waals surface area contributed by atoms with Gasteiger partial charge in [0.2, 0.25) is 0 Å². The predicted octanol–water partition coefficient (Wildman–Crippen LogP) is 2.61. The fourth-order valence-corrected chi connectivity index (χ4v) is 3.13. The number of aryl methyl sites for hydroxylation is 1. The van der Waals surface area contributed by atoms with Crippen molar-refractivity contribution < 1.29 is 4.39 Å². The third kappa shape index (κ3) is 1.48. The largest absolute Gasteiger partial charge is 0.313 e. The third-order valence-electron chi connectivity index (χ3n) is 3.82. The van der Waals surface area contributed by atoms with E-state index >= 15 is 0 Å². The summed E-state index contributed by atoms with van der Waals surface area (Å²) in [6, 6.07) is 6.05. The highest BCUT2D eigenvalue weighted by Crippen LogP contribution is 2.38. The van der Waals surface area contributed by atoms with Crippen LogP contribution in [-0.2, 0) is 6.42 Å². The summed E-state index contributed by atoms with van der Waals surface area (Å²) >= 11 is 0. The first-order valence-corrected chi connectivity index (χ1v) is 5.87. The van der Waals surface area contributed by atoms with Gasteiger partial charge in [0.05, 0.1) is 0 Å². The zero-order valence-corrected chi connectivity index (χ0v) is 8.80. The van der Waals surface area contributed by atoms with E-state index < -0.39 is 0 Å². The molecule has 1 heterocycles. The topological polar surface area (TPSA) is 12.0 Å². The van der Waals surface area contributed by atoms with Gasteiger partial charge in [0.25, 0.3) is 0 Å². The smallest absolute Gasteiger partial charge is 0.127 e. The van der Waals surface area contributed by atoms with E-state index in [-0.39, 0.29) is 5.82 Å². The molecular formula is C13H16FN. The fourth-order valence-electron chi connectivity index (χ4n) is 3.13. The zero-order chi connectivity index (χ0) is 10.3. The summed E-state index contributed by atoms with van der Waals surface area (Å²) < 4.78 is 13.8. The molecule has 80 valence electrons. The van der Waals surface area contributed by atoms with E-state index in [1.807, 2.05) is 6.07 Å². The van der Waals surface area contributed by atoms with Gasteiger partial charge in [-0.25, -0.2) is 4.39 Å². The monoisotopic (exact) mass is 205 g/mol. The van der Waals surface area contributed by atoms with Crippen molar-refractivity contribution in [2.24, 2.45) is 0 Å². The summed E-state index contributed by atoms with van der Waals surface area (Å²) in [6.45, 7) is 1.10. The Morgan fingerprint density at radius 2 is 2.20 bits per heavy atom. The van der Waals surface area contributed by atoms with Crippen molar-refractivity contribution in [2.75, 3.05) is 6.54 Å². The summed E-state index contributed by atoms with van der Waals surface area (Å²) in [4.78, 5) is 0. The van der Waals surface area contributed by atoms with E-state index in [1.165, 1.54) is 18.4 Å². The van der Waals surface area contributed by atoms with Crippen LogP contribution in [0, 0.1) is 5.82 Å². The van der Waals surface area contributed by atoms with Crippen LogP contribution in [0.3, 0.4) is 0 Å². The molecule has 0 aromatic heterocycles. The molecule has 1 aromatic carbocycles. The second kappa shape index (κ2) is 3.60. The molecule has 0 radical (unpaired) electrons. The standard InChI is InChI=1S/C13H16FN/c14-11-5-1-3-9-6-7-12-10(13(9)11)4-2-8-15-12/h1,3,5,10,12,15H,2,4,6-8H2/t10?,12-/m0/s1. The highest BCUT2D eigenvalue weighted by atomic mass is 19.1. The predicted molar refractivity (Wildman–Crippen MR) is 58.5 cm³/mol. The Labute approximate surface area is 89.7 Å². The fraction of sp³-hybridized carbons (Fsp3) is 0.538. The van der Waals surface area contributed by atoms with Gasteiger partial charge in [-0.05, 0) is 49.4 Å². The molecular weight excluding hydrogens is 189 g/mol. The maximum absolute atomic E-state index is 13.8. The van der Waals surface area contributed by atoms with Crippen LogP contribution in [0.15, 0.2) is 18.2 Å². The Hall–Kier alpha value is -0.890. The molecule has 2 heteroatoms. The lowest BCUT2D eigenvalue weighted by molar-refractivity contribution is 0.312. The van der Waals surface area contributed by atoms with E-state index in [0.29, 0.717) is 12.0 Å². The van der Waals surface area contributed by atoms with Gasteiger partial charge < -0.3 is 5.32 Å². The number of fused-ring (bicyclic) bond motifs is 3. The number of hydrogen-bond acceptors (Lipinski definition) is 1. The van der Waals surface area contributed by atoms with Crippen LogP contribution < -0.4 is 5.32 Å². The molecule has 0 spiro atoms. The number of rotatable bonds is 0. The first-order valence-electron chi connectivity index (χ1n) is 5.87. The van der Waals surface area contributed by atoms with Crippen molar-refractivity contribution >= 4 is 0 Å². The summed E-state index contributed by atoms with van der Waals surface area (Å²) in [5, 5.41) is 3.52. The van der Waals surface area contributed by atoms with Crippen LogP contribution in [-0.4, -0.2) is 12.6 Å². The van der Waals surface area contributed by atoms with Crippen molar-refractivity contribution in [3.8, 4) is 0 Å². The highest BCUT2D eigenvalue weighted by molar-refractivity contribution is 5.36. The summed E-state index contributed by atoms with van der Waals surface area (Å²) in [7, 11) is 0. The minimum Gasteiger partial charge on any atom is -0.313 e. The van der Waals surface area contributed by atoms with Gasteiger partial charge in [-0.2, -0.15) is 0 Å². The van der Waals surface area contributed by atoms with Crippen LogP contribution >= 0.6 is 0 Å². The minimum absolute atomic E-state index is 0.00546. The molecule has 1 nitrogen and oxygen atoms in total. The number of halogens is 1. The Kier molecular flexibility index (Phi) is 2.24. The van der Waals surface area contributed by atoms with Crippen molar-refractivity contribution in [2.45, 2.75) is 37.6 Å². The lowest BCUT2D eigenvalue weighted by atomic mass is 9.75. The Morgan fingerprint density at radius 1 is 1.27 bits per heavy atom. The van der Waals surface area contributed by atoms with Crippen molar-refractivity contribution in [3.63, 3.8) is 0 Å². The molecule has 2 atom stereocenters. The molecule has 1 N–H and O–H groups in total. The number of hydrogen-bond donors (Lipinski definition) is 1. The Bertz CT molecular complexity index is 375. The number of benzene rings is 1. The van der Waals surface area contributed by atoms with Crippen molar-refractivity contribution in [3.05, 3.63) is 35.1 Å². The molecule has 1 aliphatic carbocycles. The van der Waals surface area contributed by atoms with E-state index in [2.05, 4.69) is 11.4 Å². The van der Waals surface area contributed by atoms with Crippen LogP contribution in [0.25, 0.3) is 0 Å². The molecule has 0 saturated carbocycles. The van der Waals surface area contributed by atoms with Gasteiger partial charge in [0.15, 0.2) is 0 Å². The first kappa shape index (κ1) is 9.34. The third-order valence-corrected chi connectivity index (χ3v) is 3.82. The SMILES string of the molecule is Fc1cccc2c1C1CCCN[C@H]1CC2. The Morgan fingerprint density at radius 3 is 3.13 bits per heavy atom. The van der Waals surface area contributed by atoms with Crippen LogP contribution in [0.2, 0.25) is 0 Å². The molecule has 0 amide bonds. The van der Waals surface area contributed by atoms with Crippen LogP contribution in [0.4, 0.5) is 4.39 Å². The summed E-state index contributed by atoms with van der Waals surface area (Å²) in [5.74, 6) is 0.426. The van der Waals surface area contributed by atoms with Gasteiger partial charge in [-0.3, -0.25) is 0 Å². The molecule has 1 aliphatic heterocycles. The van der Waals surface area contributed by atoms with Gasteiger partial charge in [0, 0.05) is 12.0 Å². The lowest BCUT2D eigenvalue weighted by Gasteiger charge is -2.38. The van der Waals surface area contributed by atoms with Crippen molar-refractivity contribution in [1.82, 2.24) is 5.32 Å². The average Bonchev–Trinajstić information content (AvgIpc) is 2.29. The summed E-state index contributed by atoms with van der Waals surface area (Å²) in [6.07, 6.45) is 4.52. The van der Waals surface area contributed by atoms with E-state index in [9.17, 15) is 4.39 Å². The normalized spacial score (nSPS) is 29.4. The van der Waals surface area contributed by atoms with Gasteiger partial charge in [-0.15, -0.1) is 0 Å². The van der Waals surface area contributed by atoms with Gasteiger partial charge in [-0.1, -0.05) is 12.1 Å². The second-order valence-electron chi connectivity index (χ2n) is 4.66. The van der Waals surface area contributed by atoms with E-state index in [4.69, 9.17) is 0 Å².